The van der Waals surface area contributed by atoms with Crippen LogP contribution in [0.25, 0.3) is 0 Å². The number of anilines is 1. The second-order valence-electron chi connectivity index (χ2n) is 4.96. The Balaban J connectivity index is 2.25. The van der Waals surface area contributed by atoms with E-state index in [1.165, 1.54) is 36.5 Å². The van der Waals surface area contributed by atoms with Crippen molar-refractivity contribution in [2.75, 3.05) is 25.9 Å². The molecule has 0 radical (unpaired) electrons. The second kappa shape index (κ2) is 5.90. The molecule has 1 atom stereocenters. The van der Waals surface area contributed by atoms with Crippen molar-refractivity contribution in [2.45, 2.75) is 24.3 Å². The number of nitrogen functional groups attached to an aromatic ring is 1. The number of hydrogen-bond donors (Lipinski definition) is 2. The first-order valence-corrected chi connectivity index (χ1v) is 7.99. The van der Waals surface area contributed by atoms with Gasteiger partial charge in [0.25, 0.3) is 0 Å². The maximum atomic E-state index is 12.6. The predicted octanol–water partition coefficient (Wildman–Crippen LogP) is 0.177. The molecule has 1 saturated heterocycles. The fourth-order valence-electron chi connectivity index (χ4n) is 2.39. The molecule has 0 spiro atoms. The van der Waals surface area contributed by atoms with Gasteiger partial charge in [-0.15, -0.1) is 0 Å². The third kappa shape index (κ3) is 3.27. The molecule has 1 heterocycles. The van der Waals surface area contributed by atoms with Crippen LogP contribution in [0.3, 0.4) is 0 Å². The topological polar surface area (TPSA) is 102 Å². The van der Waals surface area contributed by atoms with Gasteiger partial charge in [0, 0.05) is 37.8 Å². The van der Waals surface area contributed by atoms with Gasteiger partial charge >= 0.3 is 0 Å². The molecule has 116 valence electrons. The van der Waals surface area contributed by atoms with Gasteiger partial charge in [0.2, 0.25) is 15.9 Å². The number of sulfonamides is 1. The molecule has 2 rings (SSSR count). The van der Waals surface area contributed by atoms with Crippen LogP contribution in [0.4, 0.5) is 5.69 Å². The zero-order chi connectivity index (χ0) is 15.6. The molecule has 0 aliphatic carbocycles. The molecule has 1 unspecified atom stereocenters. The molecule has 1 aliphatic rings. The minimum absolute atomic E-state index is 0.0858. The maximum absolute atomic E-state index is 12.6. The Labute approximate surface area is 124 Å². The molecule has 1 amide bonds. The van der Waals surface area contributed by atoms with Gasteiger partial charge in [-0.05, 0) is 18.6 Å². The third-order valence-electron chi connectivity index (χ3n) is 3.36. The van der Waals surface area contributed by atoms with Gasteiger partial charge in [0.1, 0.15) is 10.6 Å². The van der Waals surface area contributed by atoms with Gasteiger partial charge in [-0.25, -0.2) is 8.42 Å². The molecular formula is C13H19N3O4S. The van der Waals surface area contributed by atoms with E-state index in [4.69, 9.17) is 10.5 Å². The molecule has 8 heteroatoms. The van der Waals surface area contributed by atoms with Gasteiger partial charge in [0.15, 0.2) is 0 Å². The Kier molecular flexibility index (Phi) is 4.38. The van der Waals surface area contributed by atoms with Crippen LogP contribution in [0.1, 0.15) is 13.3 Å². The number of nitrogens with zero attached hydrogens (tertiary/aromatic N) is 1. The van der Waals surface area contributed by atoms with Crippen LogP contribution < -0.4 is 15.8 Å². The zero-order valence-electron chi connectivity index (χ0n) is 12.0. The number of hydrogen-bond acceptors (Lipinski definition) is 5. The average Bonchev–Trinajstić information content (AvgIpc) is 2.86. The van der Waals surface area contributed by atoms with E-state index in [-0.39, 0.29) is 29.1 Å². The van der Waals surface area contributed by atoms with Crippen LogP contribution in [-0.2, 0) is 14.8 Å². The van der Waals surface area contributed by atoms with Crippen LogP contribution in [0.15, 0.2) is 23.1 Å². The van der Waals surface area contributed by atoms with Gasteiger partial charge in [0.05, 0.1) is 7.11 Å². The van der Waals surface area contributed by atoms with Crippen molar-refractivity contribution in [3.63, 3.8) is 0 Å². The van der Waals surface area contributed by atoms with Crippen LogP contribution in [0.5, 0.6) is 5.75 Å². The lowest BCUT2D eigenvalue weighted by Crippen LogP contribution is -2.37. The number of benzene rings is 1. The Morgan fingerprint density at radius 3 is 2.81 bits per heavy atom. The lowest BCUT2D eigenvalue weighted by atomic mass is 10.3. The lowest BCUT2D eigenvalue weighted by Gasteiger charge is -2.18. The van der Waals surface area contributed by atoms with Crippen molar-refractivity contribution in [3.05, 3.63) is 18.2 Å². The van der Waals surface area contributed by atoms with E-state index in [1.807, 2.05) is 0 Å². The van der Waals surface area contributed by atoms with E-state index in [2.05, 4.69) is 5.32 Å². The predicted molar refractivity (Wildman–Crippen MR) is 78.4 cm³/mol. The van der Waals surface area contributed by atoms with Gasteiger partial charge in [-0.3, -0.25) is 4.79 Å². The van der Waals surface area contributed by atoms with Crippen molar-refractivity contribution >= 4 is 21.6 Å². The number of rotatable bonds is 4. The van der Waals surface area contributed by atoms with Crippen molar-refractivity contribution in [2.24, 2.45) is 0 Å². The van der Waals surface area contributed by atoms with E-state index in [9.17, 15) is 13.2 Å². The Bertz CT molecular complexity index is 645. The summed E-state index contributed by atoms with van der Waals surface area (Å²) in [5.74, 6) is 0.0577. The van der Waals surface area contributed by atoms with Crippen LogP contribution in [0.2, 0.25) is 0 Å². The molecule has 0 aromatic heterocycles. The fraction of sp³-hybridized carbons (Fsp3) is 0.462. The first-order chi connectivity index (χ1) is 9.84. The molecule has 0 bridgehead atoms. The number of methoxy groups -OCH3 is 1. The van der Waals surface area contributed by atoms with Crippen molar-refractivity contribution in [1.82, 2.24) is 9.62 Å². The van der Waals surface area contributed by atoms with E-state index >= 15 is 0 Å². The standard InChI is InChI=1S/C13H19N3O4S/c1-9(17)15-11-5-6-16(8-11)21(18,19)13-4-3-10(14)7-12(13)20-2/h3-4,7,11H,5-6,8,14H2,1-2H3,(H,15,17). The highest BCUT2D eigenvalue weighted by atomic mass is 32.2. The summed E-state index contributed by atoms with van der Waals surface area (Å²) in [6.07, 6.45) is 0.593. The molecule has 3 N–H and O–H groups in total. The fourth-order valence-corrected chi connectivity index (χ4v) is 4.02. The Morgan fingerprint density at radius 2 is 2.19 bits per heavy atom. The summed E-state index contributed by atoms with van der Waals surface area (Å²) < 4.78 is 31.8. The largest absolute Gasteiger partial charge is 0.495 e. The highest BCUT2D eigenvalue weighted by Crippen LogP contribution is 2.30. The highest BCUT2D eigenvalue weighted by molar-refractivity contribution is 7.89. The number of carbonyl (C=O) groups is 1. The van der Waals surface area contributed by atoms with Gasteiger partial charge < -0.3 is 15.8 Å². The van der Waals surface area contributed by atoms with Crippen LogP contribution in [-0.4, -0.2) is 44.9 Å². The lowest BCUT2D eigenvalue weighted by molar-refractivity contribution is -0.119. The first-order valence-electron chi connectivity index (χ1n) is 6.55. The smallest absolute Gasteiger partial charge is 0.246 e. The van der Waals surface area contributed by atoms with E-state index in [1.54, 1.807) is 0 Å². The van der Waals surface area contributed by atoms with Crippen molar-refractivity contribution in [3.8, 4) is 5.75 Å². The molecule has 1 fully saturated rings. The molecule has 7 nitrogen and oxygen atoms in total. The summed E-state index contributed by atoms with van der Waals surface area (Å²) in [7, 11) is -2.26. The van der Waals surface area contributed by atoms with E-state index < -0.39 is 10.0 Å². The molecule has 21 heavy (non-hydrogen) atoms. The Hall–Kier alpha value is -1.80. The molecule has 0 saturated carbocycles. The minimum atomic E-state index is -3.67. The SMILES string of the molecule is COc1cc(N)ccc1S(=O)(=O)N1CCC(NC(C)=O)C1. The summed E-state index contributed by atoms with van der Waals surface area (Å²) in [4.78, 5) is 11.1. The summed E-state index contributed by atoms with van der Waals surface area (Å²) in [6, 6.07) is 4.29. The molecule has 1 aromatic rings. The first kappa shape index (κ1) is 15.6. The number of nitrogens with two attached hydrogens (primary N) is 1. The van der Waals surface area contributed by atoms with Crippen LogP contribution >= 0.6 is 0 Å². The maximum Gasteiger partial charge on any atom is 0.246 e. The number of carbonyl (C=O) groups excluding carboxylic acids is 1. The van der Waals surface area contributed by atoms with Gasteiger partial charge in [-0.2, -0.15) is 4.31 Å². The molecule has 1 aliphatic heterocycles. The summed E-state index contributed by atoms with van der Waals surface area (Å²) in [5, 5.41) is 2.74. The minimum Gasteiger partial charge on any atom is -0.495 e. The van der Waals surface area contributed by atoms with Crippen molar-refractivity contribution in [1.29, 1.82) is 0 Å². The van der Waals surface area contributed by atoms with E-state index in [0.717, 1.165) is 0 Å². The number of nitrogens with one attached hydrogen (secondary N) is 1. The summed E-state index contributed by atoms with van der Waals surface area (Å²) in [6.45, 7) is 2.04. The quantitative estimate of drug-likeness (QED) is 0.772. The zero-order valence-corrected chi connectivity index (χ0v) is 12.8. The summed E-state index contributed by atoms with van der Waals surface area (Å²) >= 11 is 0. The molecular weight excluding hydrogens is 294 g/mol. The summed E-state index contributed by atoms with van der Waals surface area (Å²) in [5.41, 5.74) is 6.07. The highest BCUT2D eigenvalue weighted by Gasteiger charge is 2.34. The normalized spacial score (nSPS) is 19.4. The average molecular weight is 313 g/mol. The second-order valence-corrected chi connectivity index (χ2v) is 6.87. The van der Waals surface area contributed by atoms with Crippen LogP contribution in [0, 0.1) is 0 Å². The number of ether oxygens (including phenoxy) is 1. The monoisotopic (exact) mass is 313 g/mol. The van der Waals surface area contributed by atoms with E-state index in [0.29, 0.717) is 18.7 Å². The van der Waals surface area contributed by atoms with Crippen molar-refractivity contribution < 1.29 is 17.9 Å². The number of amides is 1. The van der Waals surface area contributed by atoms with Gasteiger partial charge in [-0.1, -0.05) is 0 Å². The third-order valence-corrected chi connectivity index (χ3v) is 5.27. The molecule has 1 aromatic carbocycles. The Morgan fingerprint density at radius 1 is 1.48 bits per heavy atom.